The van der Waals surface area contributed by atoms with Gasteiger partial charge in [0.25, 0.3) is 11.8 Å². The van der Waals surface area contributed by atoms with Crippen molar-refractivity contribution in [3.8, 4) is 28.5 Å². The molecule has 11 heteroatoms. The summed E-state index contributed by atoms with van der Waals surface area (Å²) in [5, 5.41) is 7.36. The van der Waals surface area contributed by atoms with Gasteiger partial charge in [0.15, 0.2) is 22.8 Å². The maximum Gasteiger partial charge on any atom is 0.276 e. The van der Waals surface area contributed by atoms with Gasteiger partial charge in [-0.1, -0.05) is 0 Å². The summed E-state index contributed by atoms with van der Waals surface area (Å²) in [5.74, 6) is 1.07. The van der Waals surface area contributed by atoms with Crippen LogP contribution in [0.25, 0.3) is 16.9 Å². The third kappa shape index (κ3) is 5.21. The summed E-state index contributed by atoms with van der Waals surface area (Å²) in [6, 6.07) is 14.0. The highest BCUT2D eigenvalue weighted by Gasteiger charge is 2.24. The van der Waals surface area contributed by atoms with Crippen molar-refractivity contribution in [3.63, 3.8) is 0 Å². The van der Waals surface area contributed by atoms with Crippen molar-refractivity contribution in [2.75, 3.05) is 59.9 Å². The summed E-state index contributed by atoms with van der Waals surface area (Å²) < 4.78 is 17.9. The van der Waals surface area contributed by atoms with Crippen LogP contribution >= 0.6 is 0 Å². The molecule has 0 saturated carbocycles. The second kappa shape index (κ2) is 11.0. The summed E-state index contributed by atoms with van der Waals surface area (Å²) in [5.41, 5.74) is 3.19. The molecule has 0 bridgehead atoms. The van der Waals surface area contributed by atoms with Gasteiger partial charge in [-0.05, 0) is 43.4 Å². The number of aromatic nitrogens is 3. The first kappa shape index (κ1) is 26.0. The smallest absolute Gasteiger partial charge is 0.276 e. The largest absolute Gasteiger partial charge is 0.496 e. The van der Waals surface area contributed by atoms with E-state index in [4.69, 9.17) is 14.2 Å². The third-order valence-electron chi connectivity index (χ3n) is 6.75. The molecular weight excluding hydrogens is 500 g/mol. The van der Waals surface area contributed by atoms with E-state index in [0.717, 1.165) is 24.3 Å². The molecule has 0 unspecified atom stereocenters. The fraction of sp³-hybridized carbons (Fsp3) is 0.286. The van der Waals surface area contributed by atoms with Gasteiger partial charge >= 0.3 is 0 Å². The second-order valence-corrected chi connectivity index (χ2v) is 9.16. The van der Waals surface area contributed by atoms with Gasteiger partial charge in [-0.25, -0.2) is 9.50 Å². The number of nitrogens with zero attached hydrogens (tertiary/aromatic N) is 5. The number of carbonyl (C=O) groups is 2. The first-order valence-electron chi connectivity index (χ1n) is 12.5. The first-order valence-corrected chi connectivity index (χ1v) is 12.5. The van der Waals surface area contributed by atoms with Crippen LogP contribution in [0.1, 0.15) is 20.8 Å². The Balaban J connectivity index is 1.38. The monoisotopic (exact) mass is 530 g/mol. The topological polar surface area (TPSA) is 111 Å². The predicted molar refractivity (Wildman–Crippen MR) is 146 cm³/mol. The molecule has 2 aromatic carbocycles. The number of hydrogen-bond acceptors (Lipinski definition) is 8. The molecule has 11 nitrogen and oxygen atoms in total. The van der Waals surface area contributed by atoms with Crippen LogP contribution in [0.5, 0.6) is 17.2 Å². The van der Waals surface area contributed by atoms with Crippen LogP contribution in [-0.2, 0) is 0 Å². The highest BCUT2D eigenvalue weighted by Crippen LogP contribution is 2.32. The summed E-state index contributed by atoms with van der Waals surface area (Å²) >= 11 is 0. The number of nitrogens with one attached hydrogen (secondary N) is 1. The minimum atomic E-state index is -0.418. The minimum Gasteiger partial charge on any atom is -0.496 e. The zero-order valence-electron chi connectivity index (χ0n) is 22.3. The molecule has 39 heavy (non-hydrogen) atoms. The fourth-order valence-electron chi connectivity index (χ4n) is 4.54. The summed E-state index contributed by atoms with van der Waals surface area (Å²) in [7, 11) is 6.69. The molecule has 1 N–H and O–H groups in total. The third-order valence-corrected chi connectivity index (χ3v) is 6.75. The Bertz CT molecular complexity index is 1530. The van der Waals surface area contributed by atoms with Crippen molar-refractivity contribution in [2.24, 2.45) is 0 Å². The minimum absolute atomic E-state index is 0.0908. The highest BCUT2D eigenvalue weighted by molar-refractivity contribution is 6.04. The van der Waals surface area contributed by atoms with Crippen molar-refractivity contribution >= 4 is 23.1 Å². The normalized spacial score (nSPS) is 13.8. The van der Waals surface area contributed by atoms with Crippen LogP contribution in [0.2, 0.25) is 0 Å². The van der Waals surface area contributed by atoms with E-state index in [1.165, 1.54) is 7.11 Å². The van der Waals surface area contributed by atoms with Gasteiger partial charge in [-0.15, -0.1) is 0 Å². The molecule has 202 valence electrons. The molecule has 0 spiro atoms. The number of benzene rings is 2. The lowest BCUT2D eigenvalue weighted by molar-refractivity contribution is 0.0660. The van der Waals surface area contributed by atoms with Gasteiger partial charge in [-0.2, -0.15) is 5.10 Å². The highest BCUT2D eigenvalue weighted by atomic mass is 16.5. The predicted octanol–water partition coefficient (Wildman–Crippen LogP) is 3.06. The maximum atomic E-state index is 13.1. The van der Waals surface area contributed by atoms with Crippen LogP contribution in [0, 0.1) is 0 Å². The van der Waals surface area contributed by atoms with Gasteiger partial charge < -0.3 is 29.3 Å². The lowest BCUT2D eigenvalue weighted by Crippen LogP contribution is -2.47. The molecule has 1 aliphatic rings. The number of anilines is 1. The van der Waals surface area contributed by atoms with Crippen LogP contribution in [0.3, 0.4) is 0 Å². The Hall–Kier alpha value is -4.64. The van der Waals surface area contributed by atoms with E-state index in [1.54, 1.807) is 49.2 Å². The molecule has 1 aliphatic heterocycles. The first-order chi connectivity index (χ1) is 18.9. The van der Waals surface area contributed by atoms with Crippen molar-refractivity contribution in [2.45, 2.75) is 0 Å². The number of piperazine rings is 1. The molecule has 4 aromatic rings. The molecule has 3 heterocycles. The molecule has 0 atom stereocenters. The number of fused-ring (bicyclic) bond motifs is 1. The van der Waals surface area contributed by atoms with Crippen molar-refractivity contribution < 1.29 is 23.8 Å². The number of methoxy groups -OCH3 is 3. The van der Waals surface area contributed by atoms with Crippen LogP contribution < -0.4 is 19.5 Å². The molecule has 1 fully saturated rings. The maximum absolute atomic E-state index is 13.1. The molecule has 5 rings (SSSR count). The van der Waals surface area contributed by atoms with Crippen molar-refractivity contribution in [1.29, 1.82) is 0 Å². The summed E-state index contributed by atoms with van der Waals surface area (Å²) in [6.07, 6.45) is 1.66. The number of carbonyl (C=O) groups excluding carboxylic acids is 2. The van der Waals surface area contributed by atoms with Gasteiger partial charge in [-0.3, -0.25) is 9.59 Å². The van der Waals surface area contributed by atoms with E-state index >= 15 is 0 Å². The Morgan fingerprint density at radius 1 is 0.846 bits per heavy atom. The van der Waals surface area contributed by atoms with E-state index in [1.807, 2.05) is 36.2 Å². The Morgan fingerprint density at radius 2 is 1.59 bits per heavy atom. The molecule has 0 aliphatic carbocycles. The number of rotatable bonds is 7. The quantitative estimate of drug-likeness (QED) is 0.388. The van der Waals surface area contributed by atoms with E-state index < -0.39 is 5.91 Å². The zero-order chi connectivity index (χ0) is 27.5. The Labute approximate surface area is 225 Å². The lowest BCUT2D eigenvalue weighted by atomic mass is 10.1. The van der Waals surface area contributed by atoms with E-state index in [2.05, 4.69) is 20.3 Å². The molecular formula is C28H30N6O5. The molecule has 2 amide bonds. The average Bonchev–Trinajstić information content (AvgIpc) is 3.42. The van der Waals surface area contributed by atoms with Gasteiger partial charge in [0, 0.05) is 55.8 Å². The zero-order valence-corrected chi connectivity index (χ0v) is 22.3. The molecule has 2 aromatic heterocycles. The van der Waals surface area contributed by atoms with Crippen molar-refractivity contribution in [1.82, 2.24) is 24.4 Å². The summed E-state index contributed by atoms with van der Waals surface area (Å²) in [4.78, 5) is 34.6. The number of hydrogen-bond donors (Lipinski definition) is 1. The SMILES string of the molecule is COc1ccc(-c2ccnc3cc(C(=O)Nc4ccc(C(=O)N5CCN(C)CC5)c(OC)c4)nn23)cc1OC. The average molecular weight is 531 g/mol. The number of ether oxygens (including phenoxy) is 3. The van der Waals surface area contributed by atoms with Crippen molar-refractivity contribution in [3.05, 3.63) is 66.0 Å². The van der Waals surface area contributed by atoms with Crippen LogP contribution in [0.15, 0.2) is 54.7 Å². The van der Waals surface area contributed by atoms with E-state index in [0.29, 0.717) is 47.2 Å². The number of likely N-dealkylation sites (N-methyl/N-ethyl adjacent to an activating group) is 1. The van der Waals surface area contributed by atoms with Crippen LogP contribution in [0.4, 0.5) is 5.69 Å². The van der Waals surface area contributed by atoms with Gasteiger partial charge in [0.2, 0.25) is 0 Å². The Morgan fingerprint density at radius 3 is 2.31 bits per heavy atom. The fourth-order valence-corrected chi connectivity index (χ4v) is 4.54. The van der Waals surface area contributed by atoms with Crippen LogP contribution in [-0.4, -0.2) is 90.8 Å². The molecule has 0 radical (unpaired) electrons. The molecule has 1 saturated heterocycles. The van der Waals surface area contributed by atoms with E-state index in [-0.39, 0.29) is 11.6 Å². The van der Waals surface area contributed by atoms with Gasteiger partial charge in [0.05, 0.1) is 32.6 Å². The van der Waals surface area contributed by atoms with Gasteiger partial charge in [0.1, 0.15) is 5.75 Å². The number of amides is 2. The van der Waals surface area contributed by atoms with E-state index in [9.17, 15) is 9.59 Å². The lowest BCUT2D eigenvalue weighted by Gasteiger charge is -2.32. The second-order valence-electron chi connectivity index (χ2n) is 9.16. The Kier molecular flexibility index (Phi) is 7.33. The summed E-state index contributed by atoms with van der Waals surface area (Å²) in [6.45, 7) is 2.96. The standard InChI is InChI=1S/C28H30N6O5/c1-32-11-13-33(14-12-32)28(36)20-7-6-19(16-24(20)38-3)30-27(35)21-17-26-29-10-9-22(34(26)31-21)18-5-8-23(37-2)25(15-18)39-4/h5-10,15-17H,11-14H2,1-4H3,(H,30,35).